The summed E-state index contributed by atoms with van der Waals surface area (Å²) in [5.41, 5.74) is 13.3. The molecule has 0 N–H and O–H groups in total. The molecule has 4 heterocycles. The first-order valence-corrected chi connectivity index (χ1v) is 22.1. The minimum Gasteiger partial charge on any atom is -0.486 e. The van der Waals surface area contributed by atoms with Crippen LogP contribution in [-0.4, -0.2) is 24.5 Å². The summed E-state index contributed by atoms with van der Waals surface area (Å²) in [4.78, 5) is 19.3. The number of hydrogen-bond donors (Lipinski definition) is 0. The second-order valence-corrected chi connectivity index (χ2v) is 18.1. The van der Waals surface area contributed by atoms with Gasteiger partial charge in [0.2, 0.25) is 5.71 Å². The number of fused-ring (bicyclic) bond motifs is 7. The first-order valence-electron chi connectivity index (χ1n) is 22.1. The monoisotopic (exact) mass is 1020 g/mol. The number of rotatable bonds is 6. The quantitative estimate of drug-likeness (QED) is 0.123. The molecule has 0 unspecified atom stereocenters. The van der Waals surface area contributed by atoms with Gasteiger partial charge in [0.05, 0.1) is 33.8 Å². The molecular formula is C58H49IrN5O-2. The Morgan fingerprint density at radius 1 is 0.600 bits per heavy atom. The Morgan fingerprint density at radius 2 is 1.31 bits per heavy atom. The maximum absolute atomic E-state index is 6.72. The van der Waals surface area contributed by atoms with E-state index < -0.39 is 0 Å². The van der Waals surface area contributed by atoms with Crippen LogP contribution in [0.3, 0.4) is 0 Å². The third kappa shape index (κ3) is 8.16. The molecule has 0 atom stereocenters. The SMILES string of the molecule is CC(C)(C)c1ccnc(-c2[c-]cccc2)n1.CC(C)c1cc(-c2ccccc2)cc(C(C)C)c1-n1c(-c2[c-]ccc3c2oc2nc4c(ccc5ccccc54)cc23)nc2ccccc21.[Ir]. The van der Waals surface area contributed by atoms with E-state index in [4.69, 9.17) is 14.4 Å². The van der Waals surface area contributed by atoms with Crippen LogP contribution in [-0.2, 0) is 25.5 Å². The van der Waals surface area contributed by atoms with Crippen molar-refractivity contribution in [2.75, 3.05) is 0 Å². The summed E-state index contributed by atoms with van der Waals surface area (Å²) in [6, 6.07) is 59.2. The summed E-state index contributed by atoms with van der Waals surface area (Å²) in [7, 11) is 0. The predicted molar refractivity (Wildman–Crippen MR) is 264 cm³/mol. The second kappa shape index (κ2) is 17.6. The zero-order chi connectivity index (χ0) is 44.1. The van der Waals surface area contributed by atoms with Crippen LogP contribution >= 0.6 is 0 Å². The van der Waals surface area contributed by atoms with E-state index in [9.17, 15) is 0 Å². The summed E-state index contributed by atoms with van der Waals surface area (Å²) < 4.78 is 9.07. The van der Waals surface area contributed by atoms with Crippen molar-refractivity contribution < 1.29 is 24.5 Å². The van der Waals surface area contributed by atoms with E-state index in [0.717, 1.165) is 77.5 Å². The van der Waals surface area contributed by atoms with E-state index in [-0.39, 0.29) is 37.4 Å². The van der Waals surface area contributed by atoms with Gasteiger partial charge in [0.25, 0.3) is 0 Å². The molecule has 0 saturated heterocycles. The predicted octanol–water partition coefficient (Wildman–Crippen LogP) is 15.2. The van der Waals surface area contributed by atoms with Gasteiger partial charge < -0.3 is 8.98 Å². The third-order valence-electron chi connectivity index (χ3n) is 12.0. The largest absolute Gasteiger partial charge is 0.486 e. The van der Waals surface area contributed by atoms with Gasteiger partial charge in [-0.15, -0.1) is 54.1 Å². The molecule has 6 nitrogen and oxygen atoms in total. The van der Waals surface area contributed by atoms with Crippen LogP contribution < -0.4 is 0 Å². The maximum Gasteiger partial charge on any atom is 0.216 e. The average Bonchev–Trinajstić information content (AvgIpc) is 3.89. The van der Waals surface area contributed by atoms with E-state index >= 15 is 0 Å². The topological polar surface area (TPSA) is 69.6 Å². The van der Waals surface area contributed by atoms with Crippen LogP contribution in [0.1, 0.15) is 77.1 Å². The van der Waals surface area contributed by atoms with E-state index in [1.165, 1.54) is 27.9 Å². The molecule has 7 heteroatoms. The minimum absolute atomic E-state index is 0. The van der Waals surface area contributed by atoms with Gasteiger partial charge in [-0.1, -0.05) is 138 Å². The van der Waals surface area contributed by atoms with E-state index in [2.05, 4.69) is 190 Å². The number of furan rings is 1. The van der Waals surface area contributed by atoms with Gasteiger partial charge in [-0.05, 0) is 75.9 Å². The number of imidazole rings is 1. The number of aromatic nitrogens is 5. The molecule has 4 aromatic heterocycles. The molecule has 0 saturated carbocycles. The fourth-order valence-electron chi connectivity index (χ4n) is 8.70. The van der Waals surface area contributed by atoms with Gasteiger partial charge >= 0.3 is 0 Å². The van der Waals surface area contributed by atoms with Crippen LogP contribution in [0.25, 0.3) is 94.4 Å². The number of para-hydroxylation sites is 2. The van der Waals surface area contributed by atoms with Gasteiger partial charge in [-0.3, -0.25) is 15.0 Å². The van der Waals surface area contributed by atoms with E-state index in [1.54, 1.807) is 0 Å². The molecule has 0 aliphatic rings. The van der Waals surface area contributed by atoms with Gasteiger partial charge in [0.1, 0.15) is 0 Å². The minimum atomic E-state index is 0. The first-order chi connectivity index (χ1) is 31.0. The summed E-state index contributed by atoms with van der Waals surface area (Å²) in [5.74, 6) is 2.10. The Bertz CT molecular complexity index is 3460. The van der Waals surface area contributed by atoms with Crippen molar-refractivity contribution in [1.82, 2.24) is 24.5 Å². The maximum atomic E-state index is 6.72. The van der Waals surface area contributed by atoms with Gasteiger partial charge in [0.15, 0.2) is 0 Å². The number of hydrogen-bond acceptors (Lipinski definition) is 5. The molecule has 0 amide bonds. The molecule has 11 rings (SSSR count). The molecule has 7 aromatic carbocycles. The Morgan fingerprint density at radius 3 is 2.05 bits per heavy atom. The molecule has 0 aliphatic heterocycles. The van der Waals surface area contributed by atoms with Crippen molar-refractivity contribution in [3.63, 3.8) is 0 Å². The Balaban J connectivity index is 0.000000266. The van der Waals surface area contributed by atoms with Crippen LogP contribution in [0, 0.1) is 12.1 Å². The molecular weight excluding hydrogens is 975 g/mol. The summed E-state index contributed by atoms with van der Waals surface area (Å²) in [6.45, 7) is 15.6. The zero-order valence-electron chi connectivity index (χ0n) is 37.6. The molecule has 1 radical (unpaired) electrons. The van der Waals surface area contributed by atoms with E-state index in [1.807, 2.05) is 42.6 Å². The smallest absolute Gasteiger partial charge is 0.216 e. The van der Waals surface area contributed by atoms with Crippen molar-refractivity contribution in [1.29, 1.82) is 0 Å². The molecule has 11 aromatic rings. The van der Waals surface area contributed by atoms with Crippen LogP contribution in [0.15, 0.2) is 162 Å². The third-order valence-corrected chi connectivity index (χ3v) is 12.0. The summed E-state index contributed by atoms with van der Waals surface area (Å²) in [6.07, 6.45) is 1.81. The molecule has 0 spiro atoms. The molecule has 65 heavy (non-hydrogen) atoms. The first kappa shape index (κ1) is 43.5. The number of benzene rings is 7. The molecule has 0 bridgehead atoms. The van der Waals surface area contributed by atoms with Gasteiger partial charge in [-0.2, -0.15) is 0 Å². The fourth-order valence-corrected chi connectivity index (χ4v) is 8.70. The van der Waals surface area contributed by atoms with Crippen molar-refractivity contribution in [3.8, 4) is 39.6 Å². The average molecular weight is 1020 g/mol. The van der Waals surface area contributed by atoms with E-state index in [0.29, 0.717) is 5.71 Å². The van der Waals surface area contributed by atoms with Crippen molar-refractivity contribution in [3.05, 3.63) is 187 Å². The van der Waals surface area contributed by atoms with Crippen molar-refractivity contribution >= 4 is 54.8 Å². The Labute approximate surface area is 393 Å². The fraction of sp³-hybridized carbons (Fsp3) is 0.172. The van der Waals surface area contributed by atoms with Crippen molar-refractivity contribution in [2.45, 2.75) is 65.7 Å². The second-order valence-electron chi connectivity index (χ2n) is 18.1. The Kier molecular flexibility index (Phi) is 11.8. The molecule has 0 fully saturated rings. The van der Waals surface area contributed by atoms with Crippen molar-refractivity contribution in [2.24, 2.45) is 0 Å². The molecule has 0 aliphatic carbocycles. The molecule has 323 valence electrons. The van der Waals surface area contributed by atoms with Gasteiger partial charge in [-0.25, -0.2) is 4.98 Å². The standard InChI is InChI=1S/C44H34N3O.C14H15N2.Ir/c1-26(2)35-24-31(28-13-6-5-7-14-28)25-36(27(3)4)41(35)47-39-20-11-10-19-38(39)45-43(47)34-18-12-17-33-37-23-30-22-21-29-15-8-9-16-32(29)40(30)46-44(37)48-42(33)34;1-14(2,3)12-9-10-15-13(16-12)11-7-5-4-6-8-11;/h5-17,19-27H,1-4H3;4-7,9-10H,1-3H3;/q2*-1;. The van der Waals surface area contributed by atoms with Crippen LogP contribution in [0.4, 0.5) is 0 Å². The number of nitrogens with zero attached hydrogens (tertiary/aromatic N) is 5. The Hall–Kier alpha value is -6.79. The number of pyridine rings is 1. The van der Waals surface area contributed by atoms with Crippen LogP contribution in [0.2, 0.25) is 0 Å². The normalized spacial score (nSPS) is 11.8. The zero-order valence-corrected chi connectivity index (χ0v) is 40.0. The van der Waals surface area contributed by atoms with Gasteiger partial charge in [0, 0.05) is 59.3 Å². The van der Waals surface area contributed by atoms with Crippen LogP contribution in [0.5, 0.6) is 0 Å². The summed E-state index contributed by atoms with van der Waals surface area (Å²) >= 11 is 0. The summed E-state index contributed by atoms with van der Waals surface area (Å²) in [5, 5.41) is 5.37.